The van der Waals surface area contributed by atoms with Gasteiger partial charge in [-0.2, -0.15) is 0 Å². The van der Waals surface area contributed by atoms with Crippen molar-refractivity contribution in [3.05, 3.63) is 88.1 Å². The minimum Gasteiger partial charge on any atom is -0.466 e. The zero-order valence-electron chi connectivity index (χ0n) is 19.7. The molecule has 1 aliphatic heterocycles. The third-order valence-corrected chi connectivity index (χ3v) is 6.42. The molecule has 2 aromatic carbocycles. The number of hydrogen-bond acceptors (Lipinski definition) is 8. The van der Waals surface area contributed by atoms with Crippen LogP contribution in [0.15, 0.2) is 82.5 Å². The number of benzene rings is 2. The van der Waals surface area contributed by atoms with Crippen LogP contribution in [0.5, 0.6) is 0 Å². The van der Waals surface area contributed by atoms with Gasteiger partial charge in [0.25, 0.3) is 0 Å². The molecule has 0 amide bonds. The molecule has 0 saturated heterocycles. The SMILES string of the molecule is COC(=O)C1=C(C)NC(C)=C(C(=O)OC)C1c1ccccc1Nc1nc(-c2ccccc2)cs1.Cl. The van der Waals surface area contributed by atoms with E-state index in [0.717, 1.165) is 22.5 Å². The number of esters is 2. The van der Waals surface area contributed by atoms with Gasteiger partial charge in [-0.25, -0.2) is 14.6 Å². The van der Waals surface area contributed by atoms with Crippen molar-refractivity contribution in [2.45, 2.75) is 19.8 Å². The molecule has 2 N–H and O–H groups in total. The summed E-state index contributed by atoms with van der Waals surface area (Å²) in [5.74, 6) is -1.71. The molecule has 3 aromatic rings. The lowest BCUT2D eigenvalue weighted by Crippen LogP contribution is -2.32. The van der Waals surface area contributed by atoms with Crippen LogP contribution in [0.2, 0.25) is 0 Å². The average molecular weight is 512 g/mol. The number of hydrogen-bond donors (Lipinski definition) is 2. The summed E-state index contributed by atoms with van der Waals surface area (Å²) in [4.78, 5) is 30.4. The van der Waals surface area contributed by atoms with E-state index in [1.54, 1.807) is 13.8 Å². The van der Waals surface area contributed by atoms with E-state index in [4.69, 9.17) is 14.5 Å². The van der Waals surface area contributed by atoms with Gasteiger partial charge in [0.2, 0.25) is 0 Å². The van der Waals surface area contributed by atoms with E-state index in [2.05, 4.69) is 10.6 Å². The summed E-state index contributed by atoms with van der Waals surface area (Å²) in [6, 6.07) is 17.5. The maximum Gasteiger partial charge on any atom is 0.336 e. The summed E-state index contributed by atoms with van der Waals surface area (Å²) in [6.07, 6.45) is 0. The van der Waals surface area contributed by atoms with E-state index < -0.39 is 17.9 Å². The van der Waals surface area contributed by atoms with Gasteiger partial charge in [0.15, 0.2) is 5.13 Å². The van der Waals surface area contributed by atoms with Crippen molar-refractivity contribution in [1.82, 2.24) is 10.3 Å². The summed E-state index contributed by atoms with van der Waals surface area (Å²) in [7, 11) is 2.65. The lowest BCUT2D eigenvalue weighted by molar-refractivity contribution is -0.137. The monoisotopic (exact) mass is 511 g/mol. The largest absolute Gasteiger partial charge is 0.466 e. The van der Waals surface area contributed by atoms with Crippen LogP contribution in [-0.2, 0) is 19.1 Å². The predicted molar refractivity (Wildman–Crippen MR) is 140 cm³/mol. The topological polar surface area (TPSA) is 89.5 Å². The van der Waals surface area contributed by atoms with Gasteiger partial charge in [-0.15, -0.1) is 23.7 Å². The first-order valence-corrected chi connectivity index (χ1v) is 11.5. The Kier molecular flexibility index (Phi) is 8.32. The first-order chi connectivity index (χ1) is 16.4. The molecular formula is C26H26ClN3O4S. The van der Waals surface area contributed by atoms with Crippen LogP contribution in [0.4, 0.5) is 10.8 Å². The molecule has 1 aliphatic rings. The number of halogens is 1. The number of carbonyl (C=O) groups is 2. The molecule has 0 bridgehead atoms. The molecule has 182 valence electrons. The Labute approximate surface area is 214 Å². The number of anilines is 2. The number of allylic oxidation sites excluding steroid dienone is 2. The van der Waals surface area contributed by atoms with Gasteiger partial charge in [0.05, 0.1) is 37.0 Å². The van der Waals surface area contributed by atoms with E-state index in [1.165, 1.54) is 25.6 Å². The Balaban J connectivity index is 0.00000342. The van der Waals surface area contributed by atoms with Gasteiger partial charge in [0, 0.05) is 28.0 Å². The molecule has 0 aliphatic carbocycles. The predicted octanol–water partition coefficient (Wildman–Crippen LogP) is 5.56. The third kappa shape index (κ3) is 5.23. The molecule has 35 heavy (non-hydrogen) atoms. The number of thiazole rings is 1. The Morgan fingerprint density at radius 1 is 0.914 bits per heavy atom. The number of nitrogens with one attached hydrogen (secondary N) is 2. The number of rotatable bonds is 6. The molecule has 0 fully saturated rings. The maximum absolute atomic E-state index is 12.8. The summed E-state index contributed by atoms with van der Waals surface area (Å²) in [5.41, 5.74) is 5.31. The highest BCUT2D eigenvalue weighted by Gasteiger charge is 2.38. The fourth-order valence-corrected chi connectivity index (χ4v) is 4.85. The van der Waals surface area contributed by atoms with E-state index in [9.17, 15) is 9.59 Å². The fraction of sp³-hybridized carbons (Fsp3) is 0.192. The summed E-state index contributed by atoms with van der Waals surface area (Å²) < 4.78 is 10.2. The van der Waals surface area contributed by atoms with Crippen molar-refractivity contribution in [3.63, 3.8) is 0 Å². The van der Waals surface area contributed by atoms with Crippen molar-refractivity contribution in [2.75, 3.05) is 19.5 Å². The van der Waals surface area contributed by atoms with Crippen LogP contribution in [-0.4, -0.2) is 31.1 Å². The highest BCUT2D eigenvalue weighted by Crippen LogP contribution is 2.42. The number of ether oxygens (including phenoxy) is 2. The number of methoxy groups -OCH3 is 2. The molecule has 4 rings (SSSR count). The Morgan fingerprint density at radius 2 is 1.49 bits per heavy atom. The quantitative estimate of drug-likeness (QED) is 0.419. The molecule has 9 heteroatoms. The average Bonchev–Trinajstić information content (AvgIpc) is 3.32. The third-order valence-electron chi connectivity index (χ3n) is 5.66. The van der Waals surface area contributed by atoms with Crippen molar-refractivity contribution < 1.29 is 19.1 Å². The molecule has 2 heterocycles. The highest BCUT2D eigenvalue weighted by molar-refractivity contribution is 7.14. The van der Waals surface area contributed by atoms with Gasteiger partial charge < -0.3 is 20.1 Å². The normalized spacial score (nSPS) is 13.6. The number of para-hydroxylation sites is 1. The standard InChI is InChI=1S/C26H25N3O4S.ClH/c1-15-21(24(30)32-3)23(22(16(2)27-15)25(31)33-4)18-12-8-9-13-19(18)28-26-29-20(14-34-26)17-10-6-5-7-11-17;/h5-14,23,27H,1-4H3,(H,28,29);1H. The molecule has 0 radical (unpaired) electrons. The fourth-order valence-electron chi connectivity index (χ4n) is 4.12. The van der Waals surface area contributed by atoms with Crippen LogP contribution in [0, 0.1) is 0 Å². The zero-order chi connectivity index (χ0) is 24.2. The van der Waals surface area contributed by atoms with Crippen LogP contribution in [0.25, 0.3) is 11.3 Å². The van der Waals surface area contributed by atoms with Crippen LogP contribution >= 0.6 is 23.7 Å². The van der Waals surface area contributed by atoms with E-state index >= 15 is 0 Å². The van der Waals surface area contributed by atoms with Crippen LogP contribution < -0.4 is 10.6 Å². The van der Waals surface area contributed by atoms with Crippen molar-refractivity contribution in [3.8, 4) is 11.3 Å². The minimum atomic E-state index is -0.682. The Hall–Kier alpha value is -3.62. The number of dihydropyridines is 1. The van der Waals surface area contributed by atoms with E-state index in [1.807, 2.05) is 60.0 Å². The minimum absolute atomic E-state index is 0. The van der Waals surface area contributed by atoms with Gasteiger partial charge in [0.1, 0.15) is 0 Å². The van der Waals surface area contributed by atoms with Gasteiger partial charge in [-0.3, -0.25) is 0 Å². The second-order valence-electron chi connectivity index (χ2n) is 7.73. The first kappa shape index (κ1) is 26.0. The number of aromatic nitrogens is 1. The summed E-state index contributed by atoms with van der Waals surface area (Å²) >= 11 is 1.48. The molecular weight excluding hydrogens is 486 g/mol. The lowest BCUT2D eigenvalue weighted by atomic mass is 9.79. The van der Waals surface area contributed by atoms with E-state index in [-0.39, 0.29) is 12.4 Å². The van der Waals surface area contributed by atoms with Crippen molar-refractivity contribution >= 4 is 46.5 Å². The molecule has 0 unspecified atom stereocenters. The smallest absolute Gasteiger partial charge is 0.336 e. The summed E-state index contributed by atoms with van der Waals surface area (Å²) in [5, 5.41) is 9.19. The van der Waals surface area contributed by atoms with Crippen molar-refractivity contribution in [2.24, 2.45) is 0 Å². The molecule has 1 aromatic heterocycles. The van der Waals surface area contributed by atoms with E-state index in [0.29, 0.717) is 27.7 Å². The second kappa shape index (κ2) is 11.2. The summed E-state index contributed by atoms with van der Waals surface area (Å²) in [6.45, 7) is 3.58. The van der Waals surface area contributed by atoms with Crippen LogP contribution in [0.1, 0.15) is 25.3 Å². The molecule has 0 atom stereocenters. The molecule has 7 nitrogen and oxygen atoms in total. The second-order valence-corrected chi connectivity index (χ2v) is 8.59. The number of carbonyl (C=O) groups excluding carboxylic acids is 2. The van der Waals surface area contributed by atoms with Gasteiger partial charge >= 0.3 is 11.9 Å². The van der Waals surface area contributed by atoms with Crippen molar-refractivity contribution in [1.29, 1.82) is 0 Å². The lowest BCUT2D eigenvalue weighted by Gasteiger charge is -2.31. The first-order valence-electron chi connectivity index (χ1n) is 10.7. The maximum atomic E-state index is 12.8. The molecule has 0 spiro atoms. The van der Waals surface area contributed by atoms with Crippen LogP contribution in [0.3, 0.4) is 0 Å². The Morgan fingerprint density at radius 3 is 2.09 bits per heavy atom. The highest BCUT2D eigenvalue weighted by atomic mass is 35.5. The number of nitrogens with zero attached hydrogens (tertiary/aromatic N) is 1. The van der Waals surface area contributed by atoms with Gasteiger partial charge in [-0.1, -0.05) is 48.5 Å². The Bertz CT molecular complexity index is 1260. The van der Waals surface area contributed by atoms with Gasteiger partial charge in [-0.05, 0) is 25.5 Å². The molecule has 0 saturated carbocycles. The zero-order valence-corrected chi connectivity index (χ0v) is 21.4.